The fourth-order valence-corrected chi connectivity index (χ4v) is 2.62. The molecule has 0 aliphatic heterocycles. The minimum absolute atomic E-state index is 0.138. The lowest BCUT2D eigenvalue weighted by molar-refractivity contribution is 0.0923. The number of H-pyrrole nitrogens is 1. The second-order valence-electron chi connectivity index (χ2n) is 5.84. The SMILES string of the molecule is CC(C)C(NC(=O)c1ccc(Cl)cc1)c1nc2ccccc2[nH]1. The number of amides is 1. The molecule has 5 heteroatoms. The van der Waals surface area contributed by atoms with Crippen molar-refractivity contribution in [3.63, 3.8) is 0 Å². The summed E-state index contributed by atoms with van der Waals surface area (Å²) in [5, 5.41) is 3.66. The number of fused-ring (bicyclic) bond motifs is 1. The number of imidazole rings is 1. The minimum atomic E-state index is -0.189. The first-order valence-corrected chi connectivity index (χ1v) is 7.93. The molecule has 1 atom stereocenters. The van der Waals surface area contributed by atoms with Crippen molar-refractivity contribution in [3.05, 3.63) is 64.9 Å². The Morgan fingerprint density at radius 3 is 2.48 bits per heavy atom. The molecule has 1 aromatic heterocycles. The van der Waals surface area contributed by atoms with E-state index in [1.807, 2.05) is 24.3 Å². The van der Waals surface area contributed by atoms with Gasteiger partial charge in [-0.1, -0.05) is 37.6 Å². The first-order chi connectivity index (χ1) is 11.0. The van der Waals surface area contributed by atoms with E-state index in [9.17, 15) is 4.79 Å². The van der Waals surface area contributed by atoms with Crippen LogP contribution < -0.4 is 5.32 Å². The largest absolute Gasteiger partial charge is 0.342 e. The van der Waals surface area contributed by atoms with Crippen molar-refractivity contribution in [1.82, 2.24) is 15.3 Å². The van der Waals surface area contributed by atoms with Gasteiger partial charge in [0.05, 0.1) is 17.1 Å². The van der Waals surface area contributed by atoms with Gasteiger partial charge in [-0.15, -0.1) is 0 Å². The van der Waals surface area contributed by atoms with Crippen molar-refractivity contribution >= 4 is 28.5 Å². The highest BCUT2D eigenvalue weighted by atomic mass is 35.5. The normalized spacial score (nSPS) is 12.5. The predicted molar refractivity (Wildman–Crippen MR) is 92.6 cm³/mol. The molecule has 0 radical (unpaired) electrons. The third-order valence-corrected chi connectivity index (χ3v) is 4.01. The van der Waals surface area contributed by atoms with Gasteiger partial charge in [0.25, 0.3) is 5.91 Å². The van der Waals surface area contributed by atoms with Crippen LogP contribution in [0.25, 0.3) is 11.0 Å². The van der Waals surface area contributed by atoms with E-state index < -0.39 is 0 Å². The molecule has 0 fully saturated rings. The lowest BCUT2D eigenvalue weighted by Crippen LogP contribution is -2.32. The number of hydrogen-bond donors (Lipinski definition) is 2. The summed E-state index contributed by atoms with van der Waals surface area (Å²) in [5.74, 6) is 0.830. The van der Waals surface area contributed by atoms with E-state index >= 15 is 0 Å². The van der Waals surface area contributed by atoms with Crippen molar-refractivity contribution in [2.45, 2.75) is 19.9 Å². The number of carbonyl (C=O) groups excluding carboxylic acids is 1. The van der Waals surface area contributed by atoms with Gasteiger partial charge in [0.15, 0.2) is 0 Å². The Bertz CT molecular complexity index is 791. The zero-order chi connectivity index (χ0) is 16.4. The number of para-hydroxylation sites is 2. The van der Waals surface area contributed by atoms with Gasteiger partial charge in [0, 0.05) is 10.6 Å². The maximum Gasteiger partial charge on any atom is 0.251 e. The van der Waals surface area contributed by atoms with Crippen LogP contribution in [-0.4, -0.2) is 15.9 Å². The van der Waals surface area contributed by atoms with Crippen LogP contribution in [0, 0.1) is 5.92 Å². The summed E-state index contributed by atoms with van der Waals surface area (Å²) in [6, 6.07) is 14.5. The standard InChI is InChI=1S/C18H18ClN3O/c1-11(2)16(17-20-14-5-3-4-6-15(14)21-17)22-18(23)12-7-9-13(19)10-8-12/h3-11,16H,1-2H3,(H,20,21)(H,22,23). The molecule has 0 spiro atoms. The van der Waals surface area contributed by atoms with E-state index in [4.69, 9.17) is 11.6 Å². The molecule has 1 unspecified atom stereocenters. The van der Waals surface area contributed by atoms with E-state index in [-0.39, 0.29) is 17.9 Å². The molecule has 0 aliphatic rings. The van der Waals surface area contributed by atoms with Gasteiger partial charge in [-0.2, -0.15) is 0 Å². The van der Waals surface area contributed by atoms with Crippen LogP contribution in [0.15, 0.2) is 48.5 Å². The van der Waals surface area contributed by atoms with E-state index in [1.165, 1.54) is 0 Å². The lowest BCUT2D eigenvalue weighted by Gasteiger charge is -2.20. The second-order valence-corrected chi connectivity index (χ2v) is 6.28. The van der Waals surface area contributed by atoms with Crippen molar-refractivity contribution in [1.29, 1.82) is 0 Å². The third-order valence-electron chi connectivity index (χ3n) is 3.76. The molecule has 0 saturated heterocycles. The molecule has 23 heavy (non-hydrogen) atoms. The van der Waals surface area contributed by atoms with Crippen LogP contribution >= 0.6 is 11.6 Å². The number of rotatable bonds is 4. The minimum Gasteiger partial charge on any atom is -0.342 e. The van der Waals surface area contributed by atoms with Gasteiger partial charge >= 0.3 is 0 Å². The zero-order valence-corrected chi connectivity index (χ0v) is 13.8. The topological polar surface area (TPSA) is 57.8 Å². The Morgan fingerprint density at radius 2 is 1.83 bits per heavy atom. The van der Waals surface area contributed by atoms with Crippen molar-refractivity contribution in [2.24, 2.45) is 5.92 Å². The van der Waals surface area contributed by atoms with Gasteiger partial charge in [-0.25, -0.2) is 4.98 Å². The molecule has 1 amide bonds. The summed E-state index contributed by atoms with van der Waals surface area (Å²) in [4.78, 5) is 20.4. The van der Waals surface area contributed by atoms with Crippen molar-refractivity contribution in [3.8, 4) is 0 Å². The lowest BCUT2D eigenvalue weighted by atomic mass is 10.0. The molecule has 0 aliphatic carbocycles. The molecule has 4 nitrogen and oxygen atoms in total. The number of hydrogen-bond acceptors (Lipinski definition) is 2. The Labute approximate surface area is 139 Å². The highest BCUT2D eigenvalue weighted by molar-refractivity contribution is 6.30. The Kier molecular flexibility index (Phi) is 4.35. The fourth-order valence-electron chi connectivity index (χ4n) is 2.50. The number of aromatic amines is 1. The second kappa shape index (κ2) is 6.42. The van der Waals surface area contributed by atoms with E-state index in [0.717, 1.165) is 16.9 Å². The zero-order valence-electron chi connectivity index (χ0n) is 13.0. The maximum absolute atomic E-state index is 12.5. The smallest absolute Gasteiger partial charge is 0.251 e. The molecular weight excluding hydrogens is 310 g/mol. The van der Waals surface area contributed by atoms with Crippen LogP contribution in [0.1, 0.15) is 36.1 Å². The Balaban J connectivity index is 1.86. The quantitative estimate of drug-likeness (QED) is 0.748. The van der Waals surface area contributed by atoms with Crippen LogP contribution in [0.3, 0.4) is 0 Å². The van der Waals surface area contributed by atoms with Gasteiger partial charge in [-0.05, 0) is 42.3 Å². The number of aromatic nitrogens is 2. The predicted octanol–water partition coefficient (Wildman–Crippen LogP) is 4.34. The third kappa shape index (κ3) is 3.37. The number of nitrogens with one attached hydrogen (secondary N) is 2. The van der Waals surface area contributed by atoms with Crippen molar-refractivity contribution < 1.29 is 4.79 Å². The average Bonchev–Trinajstić information content (AvgIpc) is 2.96. The van der Waals surface area contributed by atoms with Crippen LogP contribution in [0.4, 0.5) is 0 Å². The summed E-state index contributed by atoms with van der Waals surface area (Å²) < 4.78 is 0. The summed E-state index contributed by atoms with van der Waals surface area (Å²) in [6.07, 6.45) is 0. The molecule has 2 N–H and O–H groups in total. The molecule has 2 aromatic carbocycles. The van der Waals surface area contributed by atoms with Crippen LogP contribution in [0.5, 0.6) is 0 Å². The van der Waals surface area contributed by atoms with Gasteiger partial charge in [0.1, 0.15) is 5.82 Å². The molecule has 0 bridgehead atoms. The average molecular weight is 328 g/mol. The first-order valence-electron chi connectivity index (χ1n) is 7.55. The van der Waals surface area contributed by atoms with Crippen LogP contribution in [0.2, 0.25) is 5.02 Å². The highest BCUT2D eigenvalue weighted by Gasteiger charge is 2.22. The first kappa shape index (κ1) is 15.6. The van der Waals surface area contributed by atoms with Gasteiger partial charge < -0.3 is 10.3 Å². The monoisotopic (exact) mass is 327 g/mol. The summed E-state index contributed by atoms with van der Waals surface area (Å²) >= 11 is 5.87. The number of halogens is 1. The Morgan fingerprint density at radius 1 is 1.13 bits per heavy atom. The number of carbonyl (C=O) groups is 1. The number of benzene rings is 2. The molecular formula is C18H18ClN3O. The van der Waals surface area contributed by atoms with Crippen LogP contribution in [-0.2, 0) is 0 Å². The number of nitrogens with zero attached hydrogens (tertiary/aromatic N) is 1. The molecule has 1 heterocycles. The van der Waals surface area contributed by atoms with Crippen molar-refractivity contribution in [2.75, 3.05) is 0 Å². The van der Waals surface area contributed by atoms with Gasteiger partial charge in [0.2, 0.25) is 0 Å². The maximum atomic E-state index is 12.5. The summed E-state index contributed by atoms with van der Waals surface area (Å²) in [7, 11) is 0. The molecule has 3 rings (SSSR count). The van der Waals surface area contributed by atoms with E-state index in [2.05, 4.69) is 29.1 Å². The van der Waals surface area contributed by atoms with E-state index in [1.54, 1.807) is 24.3 Å². The summed E-state index contributed by atoms with van der Waals surface area (Å²) in [5.41, 5.74) is 2.44. The Hall–Kier alpha value is -2.33. The van der Waals surface area contributed by atoms with E-state index in [0.29, 0.717) is 10.6 Å². The fraction of sp³-hybridized carbons (Fsp3) is 0.222. The molecule has 3 aromatic rings. The molecule has 118 valence electrons. The van der Waals surface area contributed by atoms with Gasteiger partial charge in [-0.3, -0.25) is 4.79 Å². The highest BCUT2D eigenvalue weighted by Crippen LogP contribution is 2.23. The summed E-state index contributed by atoms with van der Waals surface area (Å²) in [6.45, 7) is 4.11. The molecule has 0 saturated carbocycles.